The van der Waals surface area contributed by atoms with Gasteiger partial charge in [0, 0.05) is 25.7 Å². The molecule has 1 amide bonds. The third-order valence-corrected chi connectivity index (χ3v) is 8.52. The third kappa shape index (κ3) is 3.79. The highest BCUT2D eigenvalue weighted by molar-refractivity contribution is 7.89. The number of amides is 1. The van der Waals surface area contributed by atoms with Crippen molar-refractivity contribution in [3.63, 3.8) is 0 Å². The minimum atomic E-state index is -3.52. The van der Waals surface area contributed by atoms with Gasteiger partial charge in [-0.3, -0.25) is 4.79 Å². The summed E-state index contributed by atoms with van der Waals surface area (Å²) in [4.78, 5) is 15.8. The largest absolute Gasteiger partial charge is 0.339 e. The molecule has 0 spiro atoms. The summed E-state index contributed by atoms with van der Waals surface area (Å²) in [6.45, 7) is 1.68. The van der Waals surface area contributed by atoms with Crippen LogP contribution < -0.4 is 0 Å². The van der Waals surface area contributed by atoms with Crippen LogP contribution in [0.1, 0.15) is 51.4 Å². The number of benzene rings is 1. The van der Waals surface area contributed by atoms with Crippen molar-refractivity contribution < 1.29 is 13.2 Å². The van der Waals surface area contributed by atoms with E-state index in [1.165, 1.54) is 30.0 Å². The normalized spacial score (nSPS) is 29.9. The molecular weight excluding hydrogens is 360 g/mol. The van der Waals surface area contributed by atoms with Gasteiger partial charge >= 0.3 is 0 Å². The zero-order chi connectivity index (χ0) is 18.9. The van der Waals surface area contributed by atoms with Crippen molar-refractivity contribution in [3.8, 4) is 0 Å². The van der Waals surface area contributed by atoms with E-state index in [-0.39, 0.29) is 11.8 Å². The molecule has 0 radical (unpaired) electrons. The lowest BCUT2D eigenvalue weighted by atomic mass is 9.77. The molecule has 3 aliphatic rings. The molecule has 1 saturated carbocycles. The van der Waals surface area contributed by atoms with E-state index >= 15 is 0 Å². The SMILES string of the molecule is O=C(C1CCCN(S(=O)(=O)c2ccccc2)C1)N1CCCC2CCCCC21. The van der Waals surface area contributed by atoms with E-state index in [1.807, 2.05) is 6.07 Å². The van der Waals surface area contributed by atoms with Crippen LogP contribution >= 0.6 is 0 Å². The van der Waals surface area contributed by atoms with Crippen molar-refractivity contribution in [1.82, 2.24) is 9.21 Å². The Morgan fingerprint density at radius 3 is 2.41 bits per heavy atom. The van der Waals surface area contributed by atoms with Crippen LogP contribution in [0, 0.1) is 11.8 Å². The zero-order valence-corrected chi connectivity index (χ0v) is 16.7. The number of carbonyl (C=O) groups is 1. The molecule has 1 aromatic rings. The second-order valence-corrected chi connectivity index (χ2v) is 10.2. The van der Waals surface area contributed by atoms with Crippen molar-refractivity contribution >= 4 is 15.9 Å². The number of rotatable bonds is 3. The molecule has 27 heavy (non-hydrogen) atoms. The third-order valence-electron chi connectivity index (χ3n) is 6.64. The lowest BCUT2D eigenvalue weighted by Gasteiger charge is -2.46. The summed E-state index contributed by atoms with van der Waals surface area (Å²) in [7, 11) is -3.52. The van der Waals surface area contributed by atoms with Gasteiger partial charge in [-0.15, -0.1) is 0 Å². The van der Waals surface area contributed by atoms with Gasteiger partial charge in [0.2, 0.25) is 15.9 Å². The summed E-state index contributed by atoms with van der Waals surface area (Å²) < 4.78 is 27.4. The minimum absolute atomic E-state index is 0.194. The van der Waals surface area contributed by atoms with Crippen molar-refractivity contribution in [2.75, 3.05) is 19.6 Å². The first kappa shape index (κ1) is 18.9. The molecule has 4 rings (SSSR count). The Hall–Kier alpha value is -1.40. The average molecular weight is 391 g/mol. The maximum absolute atomic E-state index is 13.3. The fourth-order valence-electron chi connectivity index (χ4n) is 5.24. The van der Waals surface area contributed by atoms with E-state index in [9.17, 15) is 13.2 Å². The lowest BCUT2D eigenvalue weighted by molar-refractivity contribution is -0.143. The number of fused-ring (bicyclic) bond motifs is 1. The maximum atomic E-state index is 13.3. The highest BCUT2D eigenvalue weighted by Crippen LogP contribution is 2.37. The monoisotopic (exact) mass is 390 g/mol. The van der Waals surface area contributed by atoms with Gasteiger partial charge in [0.15, 0.2) is 0 Å². The minimum Gasteiger partial charge on any atom is -0.339 e. The molecule has 0 N–H and O–H groups in total. The summed E-state index contributed by atoms with van der Waals surface area (Å²) >= 11 is 0. The van der Waals surface area contributed by atoms with Gasteiger partial charge in [-0.1, -0.05) is 31.0 Å². The fraction of sp³-hybridized carbons (Fsp3) is 0.667. The Kier molecular flexibility index (Phi) is 5.55. The smallest absolute Gasteiger partial charge is 0.243 e. The first-order valence-electron chi connectivity index (χ1n) is 10.4. The van der Waals surface area contributed by atoms with E-state index in [4.69, 9.17) is 0 Å². The summed E-state index contributed by atoms with van der Waals surface area (Å²) in [6.07, 6.45) is 8.75. The summed E-state index contributed by atoms with van der Waals surface area (Å²) in [5.74, 6) is 0.654. The standard InChI is InChI=1S/C21H30N2O3S/c24-21(23-15-7-9-17-8-4-5-13-20(17)23)18-10-6-14-22(16-18)27(25,26)19-11-2-1-3-12-19/h1-3,11-12,17-18,20H,4-10,13-16H2. The molecule has 2 heterocycles. The topological polar surface area (TPSA) is 57.7 Å². The number of hydrogen-bond donors (Lipinski definition) is 0. The molecule has 2 aliphatic heterocycles. The van der Waals surface area contributed by atoms with Gasteiger partial charge in [0.25, 0.3) is 0 Å². The molecule has 1 aliphatic carbocycles. The highest BCUT2D eigenvalue weighted by atomic mass is 32.2. The lowest BCUT2D eigenvalue weighted by Crippen LogP contribution is -2.54. The summed E-state index contributed by atoms with van der Waals surface area (Å²) in [5.41, 5.74) is 0. The number of carbonyl (C=O) groups excluding carboxylic acids is 1. The average Bonchev–Trinajstić information content (AvgIpc) is 2.73. The van der Waals surface area contributed by atoms with E-state index in [2.05, 4.69) is 4.90 Å². The Balaban J connectivity index is 1.48. The molecule has 2 saturated heterocycles. The quantitative estimate of drug-likeness (QED) is 0.796. The molecule has 6 heteroatoms. The number of hydrogen-bond acceptors (Lipinski definition) is 3. The fourth-order valence-corrected chi connectivity index (χ4v) is 6.78. The van der Waals surface area contributed by atoms with Crippen molar-refractivity contribution in [2.45, 2.75) is 62.3 Å². The number of likely N-dealkylation sites (tertiary alicyclic amines) is 1. The zero-order valence-electron chi connectivity index (χ0n) is 15.9. The molecule has 5 nitrogen and oxygen atoms in total. The van der Waals surface area contributed by atoms with Gasteiger partial charge in [-0.05, 0) is 56.6 Å². The van der Waals surface area contributed by atoms with Crippen LogP contribution in [-0.4, -0.2) is 49.2 Å². The Morgan fingerprint density at radius 2 is 1.59 bits per heavy atom. The molecular formula is C21H30N2O3S. The second-order valence-electron chi connectivity index (χ2n) is 8.30. The van der Waals surface area contributed by atoms with Gasteiger partial charge in [-0.2, -0.15) is 4.31 Å². The van der Waals surface area contributed by atoms with Crippen LogP contribution in [0.3, 0.4) is 0 Å². The predicted octanol–water partition coefficient (Wildman–Crippen LogP) is 3.27. The molecule has 0 aromatic heterocycles. The Labute approximate surface area is 162 Å². The van der Waals surface area contributed by atoms with E-state index in [0.29, 0.717) is 29.9 Å². The predicted molar refractivity (Wildman–Crippen MR) is 105 cm³/mol. The van der Waals surface area contributed by atoms with Crippen LogP contribution in [0.15, 0.2) is 35.2 Å². The molecule has 1 aromatic carbocycles. The van der Waals surface area contributed by atoms with E-state index in [0.717, 1.165) is 32.2 Å². The molecule has 3 atom stereocenters. The van der Waals surface area contributed by atoms with Crippen LogP contribution in [0.5, 0.6) is 0 Å². The van der Waals surface area contributed by atoms with Crippen molar-refractivity contribution in [2.24, 2.45) is 11.8 Å². The van der Waals surface area contributed by atoms with Crippen LogP contribution in [0.2, 0.25) is 0 Å². The summed E-state index contributed by atoms with van der Waals surface area (Å²) in [5, 5.41) is 0. The van der Waals surface area contributed by atoms with Crippen molar-refractivity contribution in [1.29, 1.82) is 0 Å². The molecule has 0 bridgehead atoms. The number of sulfonamides is 1. The first-order chi connectivity index (χ1) is 13.1. The number of piperidine rings is 2. The van der Waals surface area contributed by atoms with Crippen LogP contribution in [0.25, 0.3) is 0 Å². The maximum Gasteiger partial charge on any atom is 0.243 e. The second kappa shape index (κ2) is 7.92. The Morgan fingerprint density at radius 1 is 0.889 bits per heavy atom. The Bertz CT molecular complexity index is 763. The molecule has 3 unspecified atom stereocenters. The van der Waals surface area contributed by atoms with Gasteiger partial charge < -0.3 is 4.90 Å². The van der Waals surface area contributed by atoms with Gasteiger partial charge in [-0.25, -0.2) is 8.42 Å². The number of nitrogens with zero attached hydrogens (tertiary/aromatic N) is 2. The molecule has 3 fully saturated rings. The van der Waals surface area contributed by atoms with Crippen LogP contribution in [-0.2, 0) is 14.8 Å². The molecule has 148 valence electrons. The van der Waals surface area contributed by atoms with Gasteiger partial charge in [0.05, 0.1) is 10.8 Å². The van der Waals surface area contributed by atoms with E-state index < -0.39 is 10.0 Å². The van der Waals surface area contributed by atoms with Gasteiger partial charge in [0.1, 0.15) is 0 Å². The highest BCUT2D eigenvalue weighted by Gasteiger charge is 2.40. The van der Waals surface area contributed by atoms with Crippen molar-refractivity contribution in [3.05, 3.63) is 30.3 Å². The van der Waals surface area contributed by atoms with Crippen LogP contribution in [0.4, 0.5) is 0 Å². The summed E-state index contributed by atoms with van der Waals surface area (Å²) in [6, 6.07) is 8.97. The van der Waals surface area contributed by atoms with E-state index in [1.54, 1.807) is 24.3 Å². The first-order valence-corrected chi connectivity index (χ1v) is 11.9.